The van der Waals surface area contributed by atoms with Crippen LogP contribution in [0, 0.1) is 0 Å². The highest BCUT2D eigenvalue weighted by atomic mass is 16.4. The van der Waals surface area contributed by atoms with Gasteiger partial charge in [0.25, 0.3) is 0 Å². The summed E-state index contributed by atoms with van der Waals surface area (Å²) in [5, 5.41) is 8.59. The first kappa shape index (κ1) is 9.00. The zero-order valence-electron chi connectivity index (χ0n) is 7.86. The molecule has 0 amide bonds. The standard InChI is InChI=1S/C12H12O2/c13-12(14)8-7-10-6-5-9-3-1-2-4-11(9)10/h1-4,6H,5,7-8H2,(H,13,14). The van der Waals surface area contributed by atoms with Crippen LogP contribution < -0.4 is 0 Å². The summed E-state index contributed by atoms with van der Waals surface area (Å²) in [6.07, 6.45) is 3.95. The van der Waals surface area contributed by atoms with E-state index in [1.54, 1.807) is 0 Å². The molecule has 1 aliphatic rings. The number of carboxylic acid groups (broad SMARTS) is 1. The van der Waals surface area contributed by atoms with Crippen molar-refractivity contribution in [3.05, 3.63) is 41.5 Å². The molecule has 72 valence electrons. The number of aliphatic carboxylic acids is 1. The van der Waals surface area contributed by atoms with Gasteiger partial charge in [-0.05, 0) is 29.5 Å². The molecule has 1 aromatic rings. The molecule has 0 heterocycles. The molecule has 0 saturated heterocycles. The molecule has 0 radical (unpaired) electrons. The lowest BCUT2D eigenvalue weighted by Crippen LogP contribution is -1.94. The lowest BCUT2D eigenvalue weighted by Gasteiger charge is -2.03. The van der Waals surface area contributed by atoms with Crippen LogP contribution >= 0.6 is 0 Å². The Morgan fingerprint density at radius 1 is 1.36 bits per heavy atom. The molecule has 2 nitrogen and oxygen atoms in total. The summed E-state index contributed by atoms with van der Waals surface area (Å²) < 4.78 is 0. The fraction of sp³-hybridized carbons (Fsp3) is 0.250. The highest BCUT2D eigenvalue weighted by Gasteiger charge is 2.13. The fourth-order valence-electron chi connectivity index (χ4n) is 1.83. The van der Waals surface area contributed by atoms with Gasteiger partial charge >= 0.3 is 5.97 Å². The second-order valence-electron chi connectivity index (χ2n) is 3.48. The van der Waals surface area contributed by atoms with Crippen molar-refractivity contribution in [2.24, 2.45) is 0 Å². The Morgan fingerprint density at radius 3 is 2.93 bits per heavy atom. The lowest BCUT2D eigenvalue weighted by molar-refractivity contribution is -0.136. The minimum absolute atomic E-state index is 0.222. The molecular weight excluding hydrogens is 176 g/mol. The second kappa shape index (κ2) is 3.66. The third kappa shape index (κ3) is 1.69. The van der Waals surface area contributed by atoms with Gasteiger partial charge < -0.3 is 5.11 Å². The smallest absolute Gasteiger partial charge is 0.303 e. The quantitative estimate of drug-likeness (QED) is 0.791. The van der Waals surface area contributed by atoms with E-state index < -0.39 is 5.97 Å². The minimum Gasteiger partial charge on any atom is -0.481 e. The van der Waals surface area contributed by atoms with Gasteiger partial charge in [-0.15, -0.1) is 0 Å². The highest BCUT2D eigenvalue weighted by Crippen LogP contribution is 2.30. The number of fused-ring (bicyclic) bond motifs is 1. The predicted octanol–water partition coefficient (Wildman–Crippen LogP) is 2.49. The van der Waals surface area contributed by atoms with E-state index in [2.05, 4.69) is 18.2 Å². The van der Waals surface area contributed by atoms with E-state index in [0.29, 0.717) is 6.42 Å². The fourth-order valence-corrected chi connectivity index (χ4v) is 1.83. The summed E-state index contributed by atoms with van der Waals surface area (Å²) in [5.74, 6) is -0.727. The molecule has 0 bridgehead atoms. The molecule has 0 fully saturated rings. The third-order valence-electron chi connectivity index (χ3n) is 2.54. The maximum absolute atomic E-state index is 10.4. The van der Waals surface area contributed by atoms with Gasteiger partial charge in [0.05, 0.1) is 0 Å². The molecule has 0 saturated carbocycles. The van der Waals surface area contributed by atoms with Crippen molar-refractivity contribution in [3.8, 4) is 0 Å². The van der Waals surface area contributed by atoms with E-state index in [9.17, 15) is 4.79 Å². The number of benzene rings is 1. The molecule has 2 rings (SSSR count). The van der Waals surface area contributed by atoms with Gasteiger partial charge in [0.15, 0.2) is 0 Å². The average Bonchev–Trinajstić information content (AvgIpc) is 2.58. The molecule has 1 aromatic carbocycles. The van der Waals surface area contributed by atoms with E-state index in [1.165, 1.54) is 16.7 Å². The minimum atomic E-state index is -0.727. The first-order chi connectivity index (χ1) is 6.77. The number of carbonyl (C=O) groups is 1. The Kier molecular flexibility index (Phi) is 2.35. The Hall–Kier alpha value is -1.57. The summed E-state index contributed by atoms with van der Waals surface area (Å²) in [4.78, 5) is 10.4. The Bertz CT molecular complexity index is 391. The summed E-state index contributed by atoms with van der Waals surface area (Å²) in [6.45, 7) is 0. The van der Waals surface area contributed by atoms with Crippen LogP contribution in [0.1, 0.15) is 24.0 Å². The van der Waals surface area contributed by atoms with Gasteiger partial charge in [-0.2, -0.15) is 0 Å². The number of hydrogen-bond donors (Lipinski definition) is 1. The molecule has 0 aliphatic heterocycles. The Labute approximate surface area is 82.9 Å². The van der Waals surface area contributed by atoms with Gasteiger partial charge in [0, 0.05) is 6.42 Å². The van der Waals surface area contributed by atoms with Crippen molar-refractivity contribution in [1.29, 1.82) is 0 Å². The third-order valence-corrected chi connectivity index (χ3v) is 2.54. The maximum Gasteiger partial charge on any atom is 0.303 e. The van der Waals surface area contributed by atoms with Gasteiger partial charge in [0.1, 0.15) is 0 Å². The highest BCUT2D eigenvalue weighted by molar-refractivity contribution is 5.76. The molecule has 1 aliphatic carbocycles. The van der Waals surface area contributed by atoms with Gasteiger partial charge in [0.2, 0.25) is 0 Å². The van der Waals surface area contributed by atoms with Crippen molar-refractivity contribution >= 4 is 11.5 Å². The Morgan fingerprint density at radius 2 is 2.14 bits per heavy atom. The van der Waals surface area contributed by atoms with Crippen molar-refractivity contribution in [1.82, 2.24) is 0 Å². The molecule has 14 heavy (non-hydrogen) atoms. The summed E-state index contributed by atoms with van der Waals surface area (Å²) in [5.41, 5.74) is 3.73. The van der Waals surface area contributed by atoms with E-state index in [1.807, 2.05) is 12.1 Å². The van der Waals surface area contributed by atoms with Crippen LogP contribution in [0.15, 0.2) is 30.3 Å². The monoisotopic (exact) mass is 188 g/mol. The second-order valence-corrected chi connectivity index (χ2v) is 3.48. The first-order valence-electron chi connectivity index (χ1n) is 4.76. The van der Waals surface area contributed by atoms with Gasteiger partial charge in [-0.3, -0.25) is 4.79 Å². The Balaban J connectivity index is 2.13. The topological polar surface area (TPSA) is 37.3 Å². The molecule has 0 aromatic heterocycles. The number of rotatable bonds is 3. The predicted molar refractivity (Wildman–Crippen MR) is 55.0 cm³/mol. The number of carboxylic acids is 1. The lowest BCUT2D eigenvalue weighted by atomic mass is 10.0. The molecule has 0 unspecified atom stereocenters. The molecule has 0 atom stereocenters. The molecule has 1 N–H and O–H groups in total. The van der Waals surface area contributed by atoms with Crippen molar-refractivity contribution in [2.45, 2.75) is 19.3 Å². The zero-order valence-corrected chi connectivity index (χ0v) is 7.86. The van der Waals surface area contributed by atoms with Crippen LogP contribution in [-0.2, 0) is 11.2 Å². The molecule has 0 spiro atoms. The summed E-state index contributed by atoms with van der Waals surface area (Å²) in [6, 6.07) is 8.18. The van der Waals surface area contributed by atoms with Gasteiger partial charge in [-0.1, -0.05) is 30.3 Å². The molecular formula is C12H12O2. The first-order valence-corrected chi connectivity index (χ1v) is 4.76. The van der Waals surface area contributed by atoms with E-state index in [0.717, 1.165) is 6.42 Å². The van der Waals surface area contributed by atoms with Crippen LogP contribution in [0.25, 0.3) is 5.57 Å². The SMILES string of the molecule is O=C(O)CCC1=CCc2ccccc21. The number of allylic oxidation sites excluding steroid dienone is 2. The number of hydrogen-bond acceptors (Lipinski definition) is 1. The summed E-state index contributed by atoms with van der Waals surface area (Å²) in [7, 11) is 0. The average molecular weight is 188 g/mol. The van der Waals surface area contributed by atoms with Crippen molar-refractivity contribution in [2.75, 3.05) is 0 Å². The van der Waals surface area contributed by atoms with Crippen molar-refractivity contribution in [3.63, 3.8) is 0 Å². The largest absolute Gasteiger partial charge is 0.481 e. The van der Waals surface area contributed by atoms with E-state index in [-0.39, 0.29) is 6.42 Å². The van der Waals surface area contributed by atoms with Crippen LogP contribution in [0.3, 0.4) is 0 Å². The van der Waals surface area contributed by atoms with Crippen LogP contribution in [-0.4, -0.2) is 11.1 Å². The van der Waals surface area contributed by atoms with Gasteiger partial charge in [-0.25, -0.2) is 0 Å². The van der Waals surface area contributed by atoms with Crippen LogP contribution in [0.4, 0.5) is 0 Å². The molecule has 2 heteroatoms. The zero-order chi connectivity index (χ0) is 9.97. The maximum atomic E-state index is 10.4. The summed E-state index contributed by atoms with van der Waals surface area (Å²) >= 11 is 0. The van der Waals surface area contributed by atoms with Crippen LogP contribution in [0.2, 0.25) is 0 Å². The van der Waals surface area contributed by atoms with Crippen molar-refractivity contribution < 1.29 is 9.90 Å². The van der Waals surface area contributed by atoms with Crippen LogP contribution in [0.5, 0.6) is 0 Å². The van der Waals surface area contributed by atoms with E-state index in [4.69, 9.17) is 5.11 Å². The van der Waals surface area contributed by atoms with E-state index >= 15 is 0 Å². The normalized spacial score (nSPS) is 13.6.